The number of ether oxygens (including phenoxy) is 2. The zero-order chi connectivity index (χ0) is 27.4. The summed E-state index contributed by atoms with van der Waals surface area (Å²) < 4.78 is 62.1. The van der Waals surface area contributed by atoms with E-state index < -0.39 is 36.1 Å². The Morgan fingerprint density at radius 2 is 1.32 bits per heavy atom. The third-order valence-corrected chi connectivity index (χ3v) is 4.61. The van der Waals surface area contributed by atoms with Crippen LogP contribution in [0.2, 0.25) is 0 Å². The SMILES string of the molecule is CC/C=C\C/C=C\C/C=C\C/C=C\C/C=C\CCCC(=O)OC(F)(F)C(F)(F)OC(=O)c1cccnc1. The highest BCUT2D eigenvalue weighted by molar-refractivity contribution is 5.89. The first-order valence-corrected chi connectivity index (χ1v) is 12.1. The number of nitrogens with zero attached hydrogens (tertiary/aromatic N) is 1. The lowest BCUT2D eigenvalue weighted by atomic mass is 10.2. The second-order valence-electron chi connectivity index (χ2n) is 7.74. The molecule has 0 aliphatic rings. The van der Waals surface area contributed by atoms with Crippen molar-refractivity contribution >= 4 is 11.9 Å². The first-order valence-electron chi connectivity index (χ1n) is 12.1. The van der Waals surface area contributed by atoms with Crippen LogP contribution in [-0.4, -0.2) is 29.1 Å². The minimum Gasteiger partial charge on any atom is -0.393 e. The second-order valence-corrected chi connectivity index (χ2v) is 7.74. The summed E-state index contributed by atoms with van der Waals surface area (Å²) >= 11 is 0. The highest BCUT2D eigenvalue weighted by atomic mass is 19.3. The minimum absolute atomic E-state index is 0.126. The molecule has 0 aliphatic carbocycles. The van der Waals surface area contributed by atoms with Gasteiger partial charge in [0.15, 0.2) is 0 Å². The Labute approximate surface area is 215 Å². The molecule has 0 aliphatic heterocycles. The molecule has 1 aromatic heterocycles. The number of halogens is 4. The van der Waals surface area contributed by atoms with Crippen LogP contribution in [0.3, 0.4) is 0 Å². The average Bonchev–Trinajstić information content (AvgIpc) is 2.85. The molecule has 37 heavy (non-hydrogen) atoms. The molecule has 1 aromatic rings. The largest absolute Gasteiger partial charge is 0.510 e. The Morgan fingerprint density at radius 3 is 1.84 bits per heavy atom. The van der Waals surface area contributed by atoms with Crippen LogP contribution >= 0.6 is 0 Å². The molecule has 0 saturated carbocycles. The van der Waals surface area contributed by atoms with E-state index in [9.17, 15) is 27.2 Å². The molecule has 0 unspecified atom stereocenters. The highest BCUT2D eigenvalue weighted by Gasteiger charge is 2.64. The zero-order valence-corrected chi connectivity index (χ0v) is 20.8. The van der Waals surface area contributed by atoms with Gasteiger partial charge in [-0.3, -0.25) is 9.78 Å². The number of hydrogen-bond acceptors (Lipinski definition) is 5. The molecule has 0 amide bonds. The fourth-order valence-electron chi connectivity index (χ4n) is 2.70. The summed E-state index contributed by atoms with van der Waals surface area (Å²) in [5, 5.41) is 0. The van der Waals surface area contributed by atoms with Gasteiger partial charge in [-0.25, -0.2) is 4.79 Å². The van der Waals surface area contributed by atoms with E-state index in [1.807, 2.05) is 18.2 Å². The number of alkyl halides is 4. The molecule has 5 nitrogen and oxygen atoms in total. The van der Waals surface area contributed by atoms with Gasteiger partial charge in [-0.05, 0) is 57.1 Å². The lowest BCUT2D eigenvalue weighted by molar-refractivity contribution is -0.400. The Balaban J connectivity index is 2.23. The maximum atomic E-state index is 13.7. The summed E-state index contributed by atoms with van der Waals surface area (Å²) in [4.78, 5) is 26.7. The molecule has 0 spiro atoms. The molecular weight excluding hydrogens is 490 g/mol. The molecule has 0 saturated heterocycles. The number of rotatable bonds is 17. The van der Waals surface area contributed by atoms with Crippen LogP contribution in [-0.2, 0) is 14.3 Å². The van der Waals surface area contributed by atoms with Gasteiger partial charge >= 0.3 is 24.2 Å². The monoisotopic (exact) mass is 523 g/mol. The van der Waals surface area contributed by atoms with Crippen LogP contribution in [0.4, 0.5) is 17.6 Å². The summed E-state index contributed by atoms with van der Waals surface area (Å²) in [7, 11) is 0. The van der Waals surface area contributed by atoms with Crippen LogP contribution in [0.5, 0.6) is 0 Å². The van der Waals surface area contributed by atoms with Gasteiger partial charge in [0.25, 0.3) is 0 Å². The quantitative estimate of drug-likeness (QED) is 0.0899. The first kappa shape index (κ1) is 31.5. The highest BCUT2D eigenvalue weighted by Crippen LogP contribution is 2.37. The number of allylic oxidation sites excluding steroid dienone is 10. The van der Waals surface area contributed by atoms with Crippen LogP contribution in [0.1, 0.15) is 68.6 Å². The van der Waals surface area contributed by atoms with Gasteiger partial charge in [0.1, 0.15) is 0 Å². The summed E-state index contributed by atoms with van der Waals surface area (Å²) in [5.74, 6) is -3.26. The summed E-state index contributed by atoms with van der Waals surface area (Å²) in [6.07, 6.45) is 16.0. The number of carbonyl (C=O) groups excluding carboxylic acids is 2. The third-order valence-electron chi connectivity index (χ3n) is 4.61. The van der Waals surface area contributed by atoms with Gasteiger partial charge in [0.05, 0.1) is 5.56 Å². The number of pyridine rings is 1. The molecule has 0 aromatic carbocycles. The van der Waals surface area contributed by atoms with Crippen LogP contribution in [0.15, 0.2) is 85.3 Å². The lowest BCUT2D eigenvalue weighted by Crippen LogP contribution is -2.47. The molecule has 202 valence electrons. The Kier molecular flexibility index (Phi) is 15.2. The van der Waals surface area contributed by atoms with Crippen LogP contribution in [0.25, 0.3) is 0 Å². The zero-order valence-electron chi connectivity index (χ0n) is 20.8. The summed E-state index contributed by atoms with van der Waals surface area (Å²) in [6.45, 7) is 2.10. The number of hydrogen-bond donors (Lipinski definition) is 0. The van der Waals surface area contributed by atoms with Gasteiger partial charge < -0.3 is 9.47 Å². The van der Waals surface area contributed by atoms with E-state index in [1.54, 1.807) is 6.08 Å². The topological polar surface area (TPSA) is 65.5 Å². The van der Waals surface area contributed by atoms with Crippen molar-refractivity contribution in [1.29, 1.82) is 0 Å². The van der Waals surface area contributed by atoms with Crippen LogP contribution in [0, 0.1) is 0 Å². The van der Waals surface area contributed by atoms with Crippen molar-refractivity contribution < 1.29 is 36.6 Å². The van der Waals surface area contributed by atoms with Gasteiger partial charge in [0.2, 0.25) is 0 Å². The van der Waals surface area contributed by atoms with Crippen molar-refractivity contribution in [2.75, 3.05) is 0 Å². The van der Waals surface area contributed by atoms with E-state index in [2.05, 4.69) is 57.8 Å². The number of aromatic nitrogens is 1. The Morgan fingerprint density at radius 1 is 0.811 bits per heavy atom. The lowest BCUT2D eigenvalue weighted by Gasteiger charge is -2.24. The number of esters is 2. The normalized spacial score (nSPS) is 13.0. The predicted octanol–water partition coefficient (Wildman–Crippen LogP) is 7.89. The molecule has 0 atom stereocenters. The van der Waals surface area contributed by atoms with E-state index in [0.29, 0.717) is 12.8 Å². The fourth-order valence-corrected chi connectivity index (χ4v) is 2.70. The van der Waals surface area contributed by atoms with Gasteiger partial charge in [-0.2, -0.15) is 17.6 Å². The summed E-state index contributed by atoms with van der Waals surface area (Å²) in [5.41, 5.74) is -0.457. The first-order chi connectivity index (χ1) is 17.7. The van der Waals surface area contributed by atoms with Crippen molar-refractivity contribution in [2.24, 2.45) is 0 Å². The molecular formula is C28H33F4NO4. The minimum atomic E-state index is -5.35. The van der Waals surface area contributed by atoms with E-state index in [0.717, 1.165) is 37.9 Å². The molecule has 0 N–H and O–H groups in total. The second kappa shape index (κ2) is 17.9. The third kappa shape index (κ3) is 14.0. The maximum absolute atomic E-state index is 13.7. The van der Waals surface area contributed by atoms with Crippen molar-refractivity contribution in [2.45, 2.75) is 70.5 Å². The Bertz CT molecular complexity index is 954. The molecule has 0 bridgehead atoms. The fraction of sp³-hybridized carbons (Fsp3) is 0.393. The van der Waals surface area contributed by atoms with E-state index in [-0.39, 0.29) is 6.42 Å². The van der Waals surface area contributed by atoms with E-state index >= 15 is 0 Å². The summed E-state index contributed by atoms with van der Waals surface area (Å²) in [6, 6.07) is 2.30. The van der Waals surface area contributed by atoms with E-state index in [4.69, 9.17) is 0 Å². The molecule has 0 fully saturated rings. The van der Waals surface area contributed by atoms with Crippen LogP contribution < -0.4 is 0 Å². The molecule has 9 heteroatoms. The Hall–Kier alpha value is -3.49. The maximum Gasteiger partial charge on any atom is 0.510 e. The van der Waals surface area contributed by atoms with Gasteiger partial charge in [-0.15, -0.1) is 0 Å². The predicted molar refractivity (Wildman–Crippen MR) is 134 cm³/mol. The molecule has 0 radical (unpaired) electrons. The van der Waals surface area contributed by atoms with E-state index in [1.165, 1.54) is 12.3 Å². The van der Waals surface area contributed by atoms with Crippen molar-refractivity contribution in [1.82, 2.24) is 4.98 Å². The smallest absolute Gasteiger partial charge is 0.393 e. The van der Waals surface area contributed by atoms with Crippen molar-refractivity contribution in [3.8, 4) is 0 Å². The van der Waals surface area contributed by atoms with Crippen molar-refractivity contribution in [3.63, 3.8) is 0 Å². The number of carbonyl (C=O) groups is 2. The molecule has 1 heterocycles. The number of unbranched alkanes of at least 4 members (excludes halogenated alkanes) is 1. The van der Waals surface area contributed by atoms with Gasteiger partial charge in [-0.1, -0.05) is 67.7 Å². The standard InChI is InChI=1S/C28H33F4NO4/c1-2-3-4-5-6-7-8-9-10-11-12-13-14-15-16-17-18-21-25(34)36-27(29,30)28(31,32)37-26(35)24-20-19-22-33-23-24/h3-4,6-7,9-10,12-13,15-16,19-20,22-23H,2,5,8,11,14,17-18,21H2,1H3/b4-3-,7-6-,10-9-,13-12-,16-15-. The van der Waals surface area contributed by atoms with Gasteiger partial charge in [0, 0.05) is 18.8 Å². The molecule has 1 rings (SSSR count). The van der Waals surface area contributed by atoms with Crippen molar-refractivity contribution in [3.05, 3.63) is 90.9 Å². The average molecular weight is 524 g/mol.